The number of hydrogen-bond donors (Lipinski definition) is 1. The van der Waals surface area contributed by atoms with Crippen LogP contribution >= 0.6 is 46.6 Å². The Balaban J connectivity index is 2.15. The second-order valence-corrected chi connectivity index (χ2v) is 6.80. The molecule has 0 atom stereocenters. The van der Waals surface area contributed by atoms with Gasteiger partial charge in [0, 0.05) is 5.75 Å². The summed E-state index contributed by atoms with van der Waals surface area (Å²) in [7, 11) is 0. The third-order valence-electron chi connectivity index (χ3n) is 2.10. The van der Waals surface area contributed by atoms with Crippen molar-refractivity contribution in [3.63, 3.8) is 0 Å². The third kappa shape index (κ3) is 4.38. The monoisotopic (exact) mass is 334 g/mol. The molecule has 0 unspecified atom stereocenters. The average molecular weight is 336 g/mol. The van der Waals surface area contributed by atoms with Crippen molar-refractivity contribution in [1.82, 2.24) is 15.0 Å². The van der Waals surface area contributed by atoms with Gasteiger partial charge in [-0.05, 0) is 5.56 Å². The van der Waals surface area contributed by atoms with Gasteiger partial charge in [0.15, 0.2) is 11.0 Å². The molecule has 0 aliphatic rings. The first-order chi connectivity index (χ1) is 8.95. The summed E-state index contributed by atoms with van der Waals surface area (Å²) in [6.45, 7) is 0. The molecule has 8 heteroatoms. The lowest BCUT2D eigenvalue weighted by Gasteiger charge is -2.10. The van der Waals surface area contributed by atoms with E-state index in [-0.39, 0.29) is 11.8 Å². The van der Waals surface area contributed by atoms with Crippen LogP contribution in [-0.2, 0) is 9.55 Å². The van der Waals surface area contributed by atoms with Gasteiger partial charge in [0.1, 0.15) is 0 Å². The summed E-state index contributed by atoms with van der Waals surface area (Å²) in [6, 6.07) is 9.89. The molecule has 0 bridgehead atoms. The van der Waals surface area contributed by atoms with Crippen LogP contribution in [0.1, 0.15) is 11.4 Å². The Kier molecular flexibility index (Phi) is 4.73. The number of nitrogens with zero attached hydrogens (tertiary/aromatic N) is 3. The maximum Gasteiger partial charge on any atom is 0.250 e. The number of hydrogen-bond acceptors (Lipinski definition) is 5. The Bertz CT molecular complexity index is 560. The fourth-order valence-corrected chi connectivity index (χ4v) is 2.34. The van der Waals surface area contributed by atoms with Crippen molar-refractivity contribution in [2.24, 2.45) is 0 Å². The molecular weight excluding hydrogens is 327 g/mol. The standard InChI is InChI=1S/C11H9Cl3N4S/c12-11(13,14)8-16-9(15)18-10(17-8)19-6-7-4-2-1-3-5-7/h1-5H,6H2,(H2,15,16,17,18). The Morgan fingerprint density at radius 1 is 1.05 bits per heavy atom. The molecule has 0 saturated heterocycles. The molecule has 0 saturated carbocycles. The number of thioether (sulfide) groups is 1. The van der Waals surface area contributed by atoms with E-state index in [1.807, 2.05) is 30.3 Å². The number of rotatable bonds is 3. The Morgan fingerprint density at radius 2 is 1.74 bits per heavy atom. The van der Waals surface area contributed by atoms with Crippen LogP contribution in [0.25, 0.3) is 0 Å². The Labute approximate surface area is 129 Å². The molecule has 1 aromatic heterocycles. The minimum Gasteiger partial charge on any atom is -0.368 e. The molecule has 19 heavy (non-hydrogen) atoms. The zero-order chi connectivity index (χ0) is 13.9. The van der Waals surface area contributed by atoms with Crippen LogP contribution in [-0.4, -0.2) is 15.0 Å². The van der Waals surface area contributed by atoms with Gasteiger partial charge in [-0.15, -0.1) is 0 Å². The van der Waals surface area contributed by atoms with Crippen molar-refractivity contribution in [3.8, 4) is 0 Å². The number of anilines is 1. The van der Waals surface area contributed by atoms with Gasteiger partial charge in [-0.25, -0.2) is 4.98 Å². The van der Waals surface area contributed by atoms with Gasteiger partial charge in [-0.3, -0.25) is 0 Å². The molecule has 2 rings (SSSR count). The van der Waals surface area contributed by atoms with E-state index in [4.69, 9.17) is 40.5 Å². The van der Waals surface area contributed by atoms with Crippen LogP contribution in [0, 0.1) is 0 Å². The summed E-state index contributed by atoms with van der Waals surface area (Å²) in [5, 5.41) is 0.428. The van der Waals surface area contributed by atoms with Gasteiger partial charge in [0.2, 0.25) is 9.74 Å². The first kappa shape index (κ1) is 14.7. The summed E-state index contributed by atoms with van der Waals surface area (Å²) < 4.78 is -1.71. The van der Waals surface area contributed by atoms with Crippen molar-refractivity contribution in [3.05, 3.63) is 41.7 Å². The highest BCUT2D eigenvalue weighted by Crippen LogP contribution is 2.36. The average Bonchev–Trinajstić information content (AvgIpc) is 2.36. The summed E-state index contributed by atoms with van der Waals surface area (Å²) >= 11 is 18.6. The topological polar surface area (TPSA) is 64.7 Å². The van der Waals surface area contributed by atoms with E-state index < -0.39 is 3.79 Å². The molecule has 100 valence electrons. The smallest absolute Gasteiger partial charge is 0.250 e. The molecule has 4 nitrogen and oxygen atoms in total. The van der Waals surface area contributed by atoms with Crippen molar-refractivity contribution in [1.29, 1.82) is 0 Å². The fourth-order valence-electron chi connectivity index (χ4n) is 1.29. The molecule has 2 aromatic rings. The Morgan fingerprint density at radius 3 is 2.37 bits per heavy atom. The maximum atomic E-state index is 5.73. The van der Waals surface area contributed by atoms with Crippen LogP contribution in [0.2, 0.25) is 0 Å². The lowest BCUT2D eigenvalue weighted by Crippen LogP contribution is -2.11. The molecule has 1 heterocycles. The lowest BCUT2D eigenvalue weighted by atomic mass is 10.2. The van der Waals surface area contributed by atoms with Crippen molar-refractivity contribution in [2.45, 2.75) is 14.7 Å². The van der Waals surface area contributed by atoms with E-state index in [0.29, 0.717) is 10.9 Å². The highest BCUT2D eigenvalue weighted by molar-refractivity contribution is 7.98. The second kappa shape index (κ2) is 6.13. The van der Waals surface area contributed by atoms with Crippen LogP contribution in [0.15, 0.2) is 35.5 Å². The first-order valence-electron chi connectivity index (χ1n) is 5.20. The Hall–Kier alpha value is -0.750. The van der Waals surface area contributed by atoms with E-state index in [1.165, 1.54) is 11.8 Å². The van der Waals surface area contributed by atoms with E-state index >= 15 is 0 Å². The normalized spacial score (nSPS) is 11.5. The second-order valence-electron chi connectivity index (χ2n) is 3.57. The number of halogens is 3. The summed E-state index contributed by atoms with van der Waals surface area (Å²) in [6.07, 6.45) is 0. The zero-order valence-corrected chi connectivity index (χ0v) is 12.6. The molecule has 0 spiro atoms. The van der Waals surface area contributed by atoms with E-state index in [2.05, 4.69) is 15.0 Å². The van der Waals surface area contributed by atoms with Gasteiger partial charge in [0.05, 0.1) is 0 Å². The number of aromatic nitrogens is 3. The highest BCUT2D eigenvalue weighted by atomic mass is 35.6. The highest BCUT2D eigenvalue weighted by Gasteiger charge is 2.28. The maximum absolute atomic E-state index is 5.73. The summed E-state index contributed by atoms with van der Waals surface area (Å²) in [5.41, 5.74) is 6.71. The van der Waals surface area contributed by atoms with Gasteiger partial charge in [0.25, 0.3) is 0 Å². The number of nitrogens with two attached hydrogens (primary N) is 1. The molecule has 0 amide bonds. The molecule has 0 aliphatic carbocycles. The minimum absolute atomic E-state index is 0.0283. The lowest BCUT2D eigenvalue weighted by molar-refractivity contribution is 0.835. The minimum atomic E-state index is -1.71. The van der Waals surface area contributed by atoms with Gasteiger partial charge >= 0.3 is 0 Å². The quantitative estimate of drug-likeness (QED) is 0.686. The largest absolute Gasteiger partial charge is 0.368 e. The van der Waals surface area contributed by atoms with Gasteiger partial charge in [-0.2, -0.15) is 9.97 Å². The van der Waals surface area contributed by atoms with Crippen LogP contribution in [0.3, 0.4) is 0 Å². The zero-order valence-electron chi connectivity index (χ0n) is 9.55. The number of benzene rings is 1. The number of nitrogen functional groups attached to an aromatic ring is 1. The van der Waals surface area contributed by atoms with Crippen molar-refractivity contribution in [2.75, 3.05) is 5.73 Å². The third-order valence-corrected chi connectivity index (χ3v) is 3.52. The van der Waals surface area contributed by atoms with Crippen LogP contribution in [0.5, 0.6) is 0 Å². The van der Waals surface area contributed by atoms with E-state index in [9.17, 15) is 0 Å². The fraction of sp³-hybridized carbons (Fsp3) is 0.182. The van der Waals surface area contributed by atoms with Gasteiger partial charge < -0.3 is 5.73 Å². The predicted molar refractivity (Wildman–Crippen MR) is 79.5 cm³/mol. The van der Waals surface area contributed by atoms with Crippen LogP contribution in [0.4, 0.5) is 5.95 Å². The summed E-state index contributed by atoms with van der Waals surface area (Å²) in [4.78, 5) is 11.9. The van der Waals surface area contributed by atoms with Gasteiger partial charge in [-0.1, -0.05) is 76.9 Å². The summed E-state index contributed by atoms with van der Waals surface area (Å²) in [5.74, 6) is 0.760. The molecular formula is C11H9Cl3N4S. The molecule has 2 N–H and O–H groups in total. The van der Waals surface area contributed by atoms with Crippen molar-refractivity contribution < 1.29 is 0 Å². The molecule has 0 fully saturated rings. The number of alkyl halides is 3. The molecule has 1 aromatic carbocycles. The first-order valence-corrected chi connectivity index (χ1v) is 7.32. The molecule has 0 aliphatic heterocycles. The van der Waals surface area contributed by atoms with Crippen LogP contribution < -0.4 is 5.73 Å². The molecule has 0 radical (unpaired) electrons. The SMILES string of the molecule is Nc1nc(SCc2ccccc2)nc(C(Cl)(Cl)Cl)n1. The van der Waals surface area contributed by atoms with Crippen molar-refractivity contribution >= 4 is 52.5 Å². The van der Waals surface area contributed by atoms with E-state index in [1.54, 1.807) is 0 Å². The van der Waals surface area contributed by atoms with E-state index in [0.717, 1.165) is 5.56 Å². The predicted octanol–water partition coefficient (Wildman–Crippen LogP) is 3.57.